The highest BCUT2D eigenvalue weighted by molar-refractivity contribution is 14.0. The Kier molecular flexibility index (Phi) is 10.7. The highest BCUT2D eigenvalue weighted by atomic mass is 127. The number of hydrogen-bond acceptors (Lipinski definition) is 2. The van der Waals surface area contributed by atoms with Gasteiger partial charge in [0.1, 0.15) is 0 Å². The standard InChI is InChI=1S/C19H23ClN4O.HI/c1-21-19(24-14-15-8-10-17(20)11-9-15)23-13-5-12-22-18(25)16-6-3-2-4-7-16;/h2-4,6-11H,5,12-14H2,1H3,(H,22,25)(H2,21,23,24);1H. The smallest absolute Gasteiger partial charge is 0.251 e. The van der Waals surface area contributed by atoms with Gasteiger partial charge in [-0.3, -0.25) is 9.79 Å². The molecule has 140 valence electrons. The number of amides is 1. The van der Waals surface area contributed by atoms with E-state index in [9.17, 15) is 4.79 Å². The molecule has 0 bridgehead atoms. The lowest BCUT2D eigenvalue weighted by Gasteiger charge is -2.12. The van der Waals surface area contributed by atoms with Crippen molar-refractivity contribution in [1.82, 2.24) is 16.0 Å². The van der Waals surface area contributed by atoms with Gasteiger partial charge < -0.3 is 16.0 Å². The zero-order chi connectivity index (χ0) is 17.9. The van der Waals surface area contributed by atoms with E-state index >= 15 is 0 Å². The molecule has 0 aliphatic heterocycles. The molecule has 26 heavy (non-hydrogen) atoms. The second-order valence-corrected chi connectivity index (χ2v) is 5.89. The van der Waals surface area contributed by atoms with Gasteiger partial charge in [-0.15, -0.1) is 24.0 Å². The topological polar surface area (TPSA) is 65.5 Å². The molecule has 2 aromatic carbocycles. The van der Waals surface area contributed by atoms with Crippen LogP contribution in [-0.4, -0.2) is 32.0 Å². The summed E-state index contributed by atoms with van der Waals surface area (Å²) >= 11 is 5.87. The Labute approximate surface area is 176 Å². The predicted octanol–water partition coefficient (Wildman–Crippen LogP) is 3.44. The first-order valence-electron chi connectivity index (χ1n) is 8.21. The fraction of sp³-hybridized carbons (Fsp3) is 0.263. The molecule has 0 atom stereocenters. The fourth-order valence-corrected chi connectivity index (χ4v) is 2.32. The summed E-state index contributed by atoms with van der Waals surface area (Å²) in [7, 11) is 1.73. The lowest BCUT2D eigenvalue weighted by Crippen LogP contribution is -2.38. The third-order valence-electron chi connectivity index (χ3n) is 3.56. The van der Waals surface area contributed by atoms with E-state index < -0.39 is 0 Å². The molecule has 1 amide bonds. The molecule has 3 N–H and O–H groups in total. The molecule has 2 aromatic rings. The first-order valence-corrected chi connectivity index (χ1v) is 8.59. The summed E-state index contributed by atoms with van der Waals surface area (Å²) in [5, 5.41) is 10.1. The SMILES string of the molecule is CN=C(NCCCNC(=O)c1ccccc1)NCc1ccc(Cl)cc1.I. The van der Waals surface area contributed by atoms with Crippen molar-refractivity contribution in [2.24, 2.45) is 4.99 Å². The molecule has 0 aliphatic carbocycles. The van der Waals surface area contributed by atoms with E-state index in [0.29, 0.717) is 18.7 Å². The molecule has 5 nitrogen and oxygen atoms in total. The van der Waals surface area contributed by atoms with Crippen LogP contribution in [0.1, 0.15) is 22.3 Å². The molecular formula is C19H24ClIN4O. The third-order valence-corrected chi connectivity index (χ3v) is 3.82. The van der Waals surface area contributed by atoms with E-state index in [-0.39, 0.29) is 29.9 Å². The number of rotatable bonds is 7. The molecular weight excluding hydrogens is 463 g/mol. The number of hydrogen-bond donors (Lipinski definition) is 3. The van der Waals surface area contributed by atoms with Gasteiger partial charge in [-0.25, -0.2) is 0 Å². The molecule has 0 fully saturated rings. The Morgan fingerprint density at radius 1 is 0.962 bits per heavy atom. The lowest BCUT2D eigenvalue weighted by atomic mass is 10.2. The first-order chi connectivity index (χ1) is 12.2. The molecule has 7 heteroatoms. The summed E-state index contributed by atoms with van der Waals surface area (Å²) in [5.74, 6) is 0.676. The van der Waals surface area contributed by atoms with E-state index in [1.54, 1.807) is 19.2 Å². The monoisotopic (exact) mass is 486 g/mol. The molecule has 0 unspecified atom stereocenters. The van der Waals surface area contributed by atoms with Gasteiger partial charge >= 0.3 is 0 Å². The molecule has 0 saturated carbocycles. The van der Waals surface area contributed by atoms with Crippen LogP contribution in [-0.2, 0) is 6.54 Å². The average molecular weight is 487 g/mol. The average Bonchev–Trinajstić information content (AvgIpc) is 2.65. The van der Waals surface area contributed by atoms with Crippen molar-refractivity contribution in [1.29, 1.82) is 0 Å². The second-order valence-electron chi connectivity index (χ2n) is 5.45. The van der Waals surface area contributed by atoms with E-state index in [2.05, 4.69) is 20.9 Å². The Morgan fingerprint density at radius 3 is 2.27 bits per heavy atom. The van der Waals surface area contributed by atoms with Crippen LogP contribution < -0.4 is 16.0 Å². The maximum Gasteiger partial charge on any atom is 0.251 e. The molecule has 0 heterocycles. The summed E-state index contributed by atoms with van der Waals surface area (Å²) in [5.41, 5.74) is 1.80. The number of carbonyl (C=O) groups is 1. The Hall–Kier alpha value is -1.80. The molecule has 0 aromatic heterocycles. The maximum absolute atomic E-state index is 11.9. The number of benzene rings is 2. The van der Waals surface area contributed by atoms with Crippen molar-refractivity contribution in [2.75, 3.05) is 20.1 Å². The van der Waals surface area contributed by atoms with E-state index in [4.69, 9.17) is 11.6 Å². The van der Waals surface area contributed by atoms with Gasteiger partial charge in [0, 0.05) is 37.3 Å². The van der Waals surface area contributed by atoms with Crippen molar-refractivity contribution in [3.05, 3.63) is 70.7 Å². The fourth-order valence-electron chi connectivity index (χ4n) is 2.20. The van der Waals surface area contributed by atoms with Crippen LogP contribution in [0.4, 0.5) is 0 Å². The summed E-state index contributed by atoms with van der Waals surface area (Å²) in [4.78, 5) is 16.1. The maximum atomic E-state index is 11.9. The van der Waals surface area contributed by atoms with Gasteiger partial charge in [-0.05, 0) is 36.2 Å². The minimum Gasteiger partial charge on any atom is -0.356 e. The van der Waals surface area contributed by atoms with Crippen LogP contribution in [0.5, 0.6) is 0 Å². The van der Waals surface area contributed by atoms with E-state index in [1.165, 1.54) is 0 Å². The van der Waals surface area contributed by atoms with Gasteiger partial charge in [0.2, 0.25) is 0 Å². The first kappa shape index (κ1) is 22.2. The minimum absolute atomic E-state index is 0. The predicted molar refractivity (Wildman–Crippen MR) is 118 cm³/mol. The summed E-state index contributed by atoms with van der Waals surface area (Å²) in [6.45, 7) is 1.99. The number of carbonyl (C=O) groups excluding carboxylic acids is 1. The Bertz CT molecular complexity index is 692. The zero-order valence-electron chi connectivity index (χ0n) is 14.7. The van der Waals surface area contributed by atoms with Crippen LogP contribution >= 0.6 is 35.6 Å². The van der Waals surface area contributed by atoms with Crippen LogP contribution in [0.3, 0.4) is 0 Å². The van der Waals surface area contributed by atoms with Crippen LogP contribution in [0.15, 0.2) is 59.6 Å². The molecule has 2 rings (SSSR count). The molecule has 0 radical (unpaired) electrons. The summed E-state index contributed by atoms with van der Waals surface area (Å²) in [6, 6.07) is 16.9. The van der Waals surface area contributed by atoms with Crippen molar-refractivity contribution in [3.8, 4) is 0 Å². The van der Waals surface area contributed by atoms with Gasteiger partial charge in [0.15, 0.2) is 5.96 Å². The second kappa shape index (κ2) is 12.5. The van der Waals surface area contributed by atoms with E-state index in [1.807, 2.05) is 42.5 Å². The van der Waals surface area contributed by atoms with Gasteiger partial charge in [-0.1, -0.05) is 41.9 Å². The largest absolute Gasteiger partial charge is 0.356 e. The van der Waals surface area contributed by atoms with Gasteiger partial charge in [-0.2, -0.15) is 0 Å². The van der Waals surface area contributed by atoms with Crippen LogP contribution in [0.25, 0.3) is 0 Å². The minimum atomic E-state index is -0.0501. The number of halogens is 2. The zero-order valence-corrected chi connectivity index (χ0v) is 17.8. The van der Waals surface area contributed by atoms with E-state index in [0.717, 1.165) is 29.5 Å². The lowest BCUT2D eigenvalue weighted by molar-refractivity contribution is 0.0953. The Balaban J connectivity index is 0.00000338. The number of nitrogens with one attached hydrogen (secondary N) is 3. The molecule has 0 spiro atoms. The quantitative estimate of drug-likeness (QED) is 0.243. The number of nitrogens with zero attached hydrogens (tertiary/aromatic N) is 1. The van der Waals surface area contributed by atoms with Gasteiger partial charge in [0.25, 0.3) is 5.91 Å². The number of guanidine groups is 1. The normalized spacial score (nSPS) is 10.6. The molecule has 0 saturated heterocycles. The Morgan fingerprint density at radius 2 is 1.62 bits per heavy atom. The third kappa shape index (κ3) is 8.05. The van der Waals surface area contributed by atoms with Crippen molar-refractivity contribution < 1.29 is 4.79 Å². The summed E-state index contributed by atoms with van der Waals surface area (Å²) < 4.78 is 0. The highest BCUT2D eigenvalue weighted by Crippen LogP contribution is 2.08. The van der Waals surface area contributed by atoms with Crippen LogP contribution in [0.2, 0.25) is 5.02 Å². The van der Waals surface area contributed by atoms with Crippen molar-refractivity contribution in [2.45, 2.75) is 13.0 Å². The number of aliphatic imine (C=N–C) groups is 1. The highest BCUT2D eigenvalue weighted by Gasteiger charge is 2.03. The van der Waals surface area contributed by atoms with Crippen LogP contribution in [0, 0.1) is 0 Å². The summed E-state index contributed by atoms with van der Waals surface area (Å²) in [6.07, 6.45) is 0.806. The molecule has 0 aliphatic rings. The van der Waals surface area contributed by atoms with Crippen molar-refractivity contribution in [3.63, 3.8) is 0 Å². The van der Waals surface area contributed by atoms with Crippen molar-refractivity contribution >= 4 is 47.4 Å². The van der Waals surface area contributed by atoms with Gasteiger partial charge in [0.05, 0.1) is 0 Å².